The summed E-state index contributed by atoms with van der Waals surface area (Å²) in [7, 11) is 2.93. The molecule has 1 N–H and O–H groups in total. The molecule has 1 amide bonds. The lowest BCUT2D eigenvalue weighted by molar-refractivity contribution is -0.144. The molecule has 20 heavy (non-hydrogen) atoms. The van der Waals surface area contributed by atoms with Crippen molar-refractivity contribution < 1.29 is 23.8 Å². The molecule has 1 atom stereocenters. The third-order valence-electron chi connectivity index (χ3n) is 2.64. The summed E-state index contributed by atoms with van der Waals surface area (Å²) in [5, 5.41) is 2.56. The standard InChI is InChI=1S/C14H19NO5/c1-5-20-14(17)9(2)15-13(16)10-7-6-8-11(18-3)12(10)19-4/h6-9H,5H2,1-4H3,(H,15,16). The predicted octanol–water partition coefficient (Wildman–Crippen LogP) is 1.39. The molecule has 0 fully saturated rings. The topological polar surface area (TPSA) is 73.9 Å². The van der Waals surface area contributed by atoms with E-state index in [0.717, 1.165) is 0 Å². The Morgan fingerprint density at radius 3 is 2.50 bits per heavy atom. The molecule has 1 aromatic rings. The molecule has 6 heteroatoms. The molecule has 0 radical (unpaired) electrons. The zero-order chi connectivity index (χ0) is 15.1. The average molecular weight is 281 g/mol. The van der Waals surface area contributed by atoms with Crippen LogP contribution in [0.5, 0.6) is 11.5 Å². The molecule has 1 rings (SSSR count). The van der Waals surface area contributed by atoms with Crippen LogP contribution in [-0.2, 0) is 9.53 Å². The van der Waals surface area contributed by atoms with Crippen LogP contribution in [0.4, 0.5) is 0 Å². The summed E-state index contributed by atoms with van der Waals surface area (Å²) in [6.07, 6.45) is 0. The lowest BCUT2D eigenvalue weighted by Crippen LogP contribution is -2.39. The summed E-state index contributed by atoms with van der Waals surface area (Å²) in [6.45, 7) is 3.53. The van der Waals surface area contributed by atoms with Gasteiger partial charge in [0.1, 0.15) is 6.04 Å². The number of carbonyl (C=O) groups excluding carboxylic acids is 2. The number of methoxy groups -OCH3 is 2. The van der Waals surface area contributed by atoms with E-state index in [4.69, 9.17) is 14.2 Å². The first-order valence-corrected chi connectivity index (χ1v) is 6.23. The maximum absolute atomic E-state index is 12.2. The van der Waals surface area contributed by atoms with E-state index >= 15 is 0 Å². The molecule has 0 spiro atoms. The highest BCUT2D eigenvalue weighted by molar-refractivity contribution is 5.99. The Kier molecular flexibility index (Phi) is 5.83. The SMILES string of the molecule is CCOC(=O)C(C)NC(=O)c1cccc(OC)c1OC. The molecule has 0 heterocycles. The summed E-state index contributed by atoms with van der Waals surface area (Å²) < 4.78 is 15.1. The number of hydrogen-bond acceptors (Lipinski definition) is 5. The van der Waals surface area contributed by atoms with Crippen molar-refractivity contribution in [1.82, 2.24) is 5.32 Å². The van der Waals surface area contributed by atoms with Crippen LogP contribution in [0.3, 0.4) is 0 Å². The Labute approximate surface area is 118 Å². The van der Waals surface area contributed by atoms with Crippen molar-refractivity contribution >= 4 is 11.9 Å². The molecular weight excluding hydrogens is 262 g/mol. The minimum atomic E-state index is -0.738. The highest BCUT2D eigenvalue weighted by Crippen LogP contribution is 2.30. The maximum atomic E-state index is 12.2. The van der Waals surface area contributed by atoms with Crippen LogP contribution in [0.25, 0.3) is 0 Å². The minimum Gasteiger partial charge on any atom is -0.493 e. The molecule has 0 saturated carbocycles. The summed E-state index contributed by atoms with van der Waals surface area (Å²) in [5.74, 6) is -0.142. The highest BCUT2D eigenvalue weighted by atomic mass is 16.5. The molecule has 6 nitrogen and oxygen atoms in total. The fourth-order valence-electron chi connectivity index (χ4n) is 1.67. The van der Waals surface area contributed by atoms with E-state index in [1.54, 1.807) is 32.0 Å². The van der Waals surface area contributed by atoms with Crippen molar-refractivity contribution in [2.75, 3.05) is 20.8 Å². The van der Waals surface area contributed by atoms with Gasteiger partial charge in [-0.25, -0.2) is 4.79 Å². The van der Waals surface area contributed by atoms with Crippen molar-refractivity contribution in [3.8, 4) is 11.5 Å². The smallest absolute Gasteiger partial charge is 0.328 e. The Balaban J connectivity index is 2.90. The first kappa shape index (κ1) is 15.8. The van der Waals surface area contributed by atoms with Gasteiger partial charge in [0.2, 0.25) is 0 Å². The van der Waals surface area contributed by atoms with Gasteiger partial charge in [0.05, 0.1) is 26.4 Å². The van der Waals surface area contributed by atoms with Crippen molar-refractivity contribution in [2.45, 2.75) is 19.9 Å². The van der Waals surface area contributed by atoms with E-state index < -0.39 is 17.9 Å². The first-order chi connectivity index (χ1) is 9.54. The van der Waals surface area contributed by atoms with Gasteiger partial charge >= 0.3 is 5.97 Å². The summed E-state index contributed by atoms with van der Waals surface area (Å²) in [6, 6.07) is 4.21. The molecule has 0 aliphatic heterocycles. The summed E-state index contributed by atoms with van der Waals surface area (Å²) in [4.78, 5) is 23.7. The largest absolute Gasteiger partial charge is 0.493 e. The normalized spacial score (nSPS) is 11.4. The number of para-hydroxylation sites is 1. The molecule has 110 valence electrons. The first-order valence-electron chi connectivity index (χ1n) is 6.23. The van der Waals surface area contributed by atoms with Gasteiger partial charge in [-0.3, -0.25) is 4.79 Å². The van der Waals surface area contributed by atoms with Crippen LogP contribution in [-0.4, -0.2) is 38.7 Å². The molecule has 0 aliphatic carbocycles. The Hall–Kier alpha value is -2.24. The van der Waals surface area contributed by atoms with Gasteiger partial charge in [-0.05, 0) is 26.0 Å². The fourth-order valence-corrected chi connectivity index (χ4v) is 1.67. The van der Waals surface area contributed by atoms with Crippen LogP contribution >= 0.6 is 0 Å². The van der Waals surface area contributed by atoms with Gasteiger partial charge in [0, 0.05) is 0 Å². The average Bonchev–Trinajstić information content (AvgIpc) is 2.46. The van der Waals surface area contributed by atoms with Crippen molar-refractivity contribution in [3.05, 3.63) is 23.8 Å². The van der Waals surface area contributed by atoms with E-state index in [9.17, 15) is 9.59 Å². The maximum Gasteiger partial charge on any atom is 0.328 e. The summed E-state index contributed by atoms with van der Waals surface area (Å²) in [5.41, 5.74) is 0.294. The molecule has 0 bridgehead atoms. The monoisotopic (exact) mass is 281 g/mol. The lowest BCUT2D eigenvalue weighted by Gasteiger charge is -2.15. The molecule has 1 unspecified atom stereocenters. The molecule has 1 aromatic carbocycles. The number of benzene rings is 1. The van der Waals surface area contributed by atoms with Gasteiger partial charge in [0.15, 0.2) is 11.5 Å². The molecular formula is C14H19NO5. The van der Waals surface area contributed by atoms with E-state index in [1.165, 1.54) is 14.2 Å². The second-order valence-electron chi connectivity index (χ2n) is 3.99. The van der Waals surface area contributed by atoms with E-state index in [1.807, 2.05) is 0 Å². The zero-order valence-electron chi connectivity index (χ0n) is 12.1. The lowest BCUT2D eigenvalue weighted by atomic mass is 10.1. The van der Waals surface area contributed by atoms with Crippen molar-refractivity contribution in [1.29, 1.82) is 0 Å². The van der Waals surface area contributed by atoms with Gasteiger partial charge < -0.3 is 19.5 Å². The molecule has 0 aromatic heterocycles. The second-order valence-corrected chi connectivity index (χ2v) is 3.99. The predicted molar refractivity (Wildman–Crippen MR) is 73.1 cm³/mol. The minimum absolute atomic E-state index is 0.265. The number of carbonyl (C=O) groups is 2. The van der Waals surface area contributed by atoms with E-state index in [2.05, 4.69) is 5.32 Å². The van der Waals surface area contributed by atoms with Gasteiger partial charge in [0.25, 0.3) is 5.91 Å². The fraction of sp³-hybridized carbons (Fsp3) is 0.429. The second kappa shape index (κ2) is 7.37. The Morgan fingerprint density at radius 1 is 1.25 bits per heavy atom. The highest BCUT2D eigenvalue weighted by Gasteiger charge is 2.21. The summed E-state index contributed by atoms with van der Waals surface area (Å²) >= 11 is 0. The number of rotatable bonds is 6. The van der Waals surface area contributed by atoms with E-state index in [0.29, 0.717) is 17.1 Å². The van der Waals surface area contributed by atoms with Gasteiger partial charge in [-0.15, -0.1) is 0 Å². The molecule has 0 saturated heterocycles. The number of ether oxygens (including phenoxy) is 3. The zero-order valence-corrected chi connectivity index (χ0v) is 12.1. The van der Waals surface area contributed by atoms with Gasteiger partial charge in [-0.2, -0.15) is 0 Å². The Morgan fingerprint density at radius 2 is 1.95 bits per heavy atom. The van der Waals surface area contributed by atoms with Crippen LogP contribution in [0, 0.1) is 0 Å². The van der Waals surface area contributed by atoms with Crippen LogP contribution < -0.4 is 14.8 Å². The van der Waals surface area contributed by atoms with Crippen molar-refractivity contribution in [3.63, 3.8) is 0 Å². The molecule has 0 aliphatic rings. The van der Waals surface area contributed by atoms with Crippen LogP contribution in [0.1, 0.15) is 24.2 Å². The van der Waals surface area contributed by atoms with Crippen molar-refractivity contribution in [2.24, 2.45) is 0 Å². The number of esters is 1. The van der Waals surface area contributed by atoms with Crippen LogP contribution in [0.2, 0.25) is 0 Å². The number of hydrogen-bond donors (Lipinski definition) is 1. The third kappa shape index (κ3) is 3.63. The quantitative estimate of drug-likeness (QED) is 0.797. The van der Waals surface area contributed by atoms with E-state index in [-0.39, 0.29) is 6.61 Å². The number of amides is 1. The van der Waals surface area contributed by atoms with Gasteiger partial charge in [-0.1, -0.05) is 6.07 Å². The third-order valence-corrected chi connectivity index (χ3v) is 2.64. The number of nitrogens with one attached hydrogen (secondary N) is 1. The Bertz CT molecular complexity index is 486. The van der Waals surface area contributed by atoms with Crippen LogP contribution in [0.15, 0.2) is 18.2 Å².